The molecule has 1 aliphatic rings. The fourth-order valence-electron chi connectivity index (χ4n) is 2.71. The molecule has 1 fully saturated rings. The van der Waals surface area contributed by atoms with Gasteiger partial charge in [-0.3, -0.25) is 0 Å². The predicted octanol–water partition coefficient (Wildman–Crippen LogP) is 3.65. The molecule has 154 valence electrons. The van der Waals surface area contributed by atoms with E-state index in [0.29, 0.717) is 18.9 Å². The van der Waals surface area contributed by atoms with Gasteiger partial charge < -0.3 is 4.90 Å². The lowest BCUT2D eigenvalue weighted by atomic mass is 10.2. The number of aromatic nitrogens is 1. The molecule has 5 nitrogen and oxygen atoms in total. The Bertz CT molecular complexity index is 817. The van der Waals surface area contributed by atoms with E-state index in [-0.39, 0.29) is 13.1 Å². The number of allylic oxidation sites excluding steroid dienone is 1. The summed E-state index contributed by atoms with van der Waals surface area (Å²) in [6.07, 6.45) is 1.69. The lowest BCUT2D eigenvalue weighted by molar-refractivity contribution is -0.137. The van der Waals surface area contributed by atoms with Crippen molar-refractivity contribution in [1.29, 1.82) is 0 Å². The van der Waals surface area contributed by atoms with E-state index >= 15 is 0 Å². The zero-order chi connectivity index (χ0) is 20.6. The number of piperazine rings is 1. The summed E-state index contributed by atoms with van der Waals surface area (Å²) in [6, 6.07) is 2.29. The van der Waals surface area contributed by atoms with Crippen LogP contribution in [0.3, 0.4) is 0 Å². The molecule has 9 heteroatoms. The number of alkyl halides is 3. The van der Waals surface area contributed by atoms with Gasteiger partial charge in [-0.2, -0.15) is 17.5 Å². The summed E-state index contributed by atoms with van der Waals surface area (Å²) in [7, 11) is -3.56. The Morgan fingerprint density at radius 2 is 1.89 bits per heavy atom. The van der Waals surface area contributed by atoms with E-state index in [9.17, 15) is 21.6 Å². The van der Waals surface area contributed by atoms with Crippen LogP contribution in [0, 0.1) is 11.8 Å². The fraction of sp³-hybridized carbons (Fsp3) is 0.526. The van der Waals surface area contributed by atoms with Crippen molar-refractivity contribution in [3.05, 3.63) is 35.4 Å². The topological polar surface area (TPSA) is 53.5 Å². The van der Waals surface area contributed by atoms with E-state index in [1.165, 1.54) is 16.4 Å². The summed E-state index contributed by atoms with van der Waals surface area (Å²) in [6.45, 7) is 3.29. The van der Waals surface area contributed by atoms with Crippen LogP contribution in [0.4, 0.5) is 19.0 Å². The lowest BCUT2D eigenvalue weighted by Crippen LogP contribution is -2.48. The Morgan fingerprint density at radius 1 is 1.18 bits per heavy atom. The highest BCUT2D eigenvalue weighted by Crippen LogP contribution is 2.29. The minimum Gasteiger partial charge on any atom is -0.354 e. The molecule has 1 saturated heterocycles. The van der Waals surface area contributed by atoms with Gasteiger partial charge in [0, 0.05) is 44.9 Å². The van der Waals surface area contributed by atoms with Crippen LogP contribution in [-0.2, 0) is 16.2 Å². The van der Waals surface area contributed by atoms with E-state index < -0.39 is 21.8 Å². The number of sulfonamides is 1. The first kappa shape index (κ1) is 22.2. The number of halogens is 3. The standard InChI is InChI=1S/C19H24F3N3O2S/c1-2-3-4-5-6-7-8-15-28(26,27)25-13-11-24(12-14-25)18-10-9-17(16-23-18)19(20,21)22/h8-10,15-16H,2-5,11-14H2,1H3/b15-8+. The quantitative estimate of drug-likeness (QED) is 0.526. The van der Waals surface area contributed by atoms with Gasteiger partial charge in [0.05, 0.1) is 11.0 Å². The van der Waals surface area contributed by atoms with Crippen LogP contribution in [0.15, 0.2) is 29.8 Å². The van der Waals surface area contributed by atoms with Gasteiger partial charge in [-0.1, -0.05) is 31.6 Å². The number of rotatable bonds is 6. The number of nitrogens with zero attached hydrogens (tertiary/aromatic N) is 3. The third-order valence-electron chi connectivity index (χ3n) is 4.33. The first-order valence-electron chi connectivity index (χ1n) is 9.17. The van der Waals surface area contributed by atoms with Crippen molar-refractivity contribution in [2.45, 2.75) is 38.8 Å². The van der Waals surface area contributed by atoms with E-state index in [1.54, 1.807) is 4.90 Å². The molecule has 0 atom stereocenters. The molecule has 0 aliphatic carbocycles. The van der Waals surface area contributed by atoms with Crippen molar-refractivity contribution in [2.24, 2.45) is 0 Å². The molecular weight excluding hydrogens is 391 g/mol. The highest BCUT2D eigenvalue weighted by Gasteiger charge is 2.31. The second-order valence-electron chi connectivity index (χ2n) is 6.41. The van der Waals surface area contributed by atoms with Crippen LogP contribution >= 0.6 is 0 Å². The summed E-state index contributed by atoms with van der Waals surface area (Å²) in [5.41, 5.74) is -0.807. The predicted molar refractivity (Wildman–Crippen MR) is 103 cm³/mol. The molecule has 2 rings (SSSR count). The van der Waals surface area contributed by atoms with Crippen LogP contribution in [-0.4, -0.2) is 43.9 Å². The fourth-order valence-corrected chi connectivity index (χ4v) is 3.80. The van der Waals surface area contributed by atoms with Crippen LogP contribution in [0.2, 0.25) is 0 Å². The van der Waals surface area contributed by atoms with Gasteiger partial charge in [-0.05, 0) is 18.6 Å². The SMILES string of the molecule is CCCCCC#C/C=C/S(=O)(=O)N1CCN(c2ccc(C(F)(F)F)cn2)CC1. The third kappa shape index (κ3) is 6.53. The van der Waals surface area contributed by atoms with Crippen molar-refractivity contribution in [3.8, 4) is 11.8 Å². The molecule has 2 heterocycles. The molecule has 0 amide bonds. The molecule has 1 aromatic rings. The van der Waals surface area contributed by atoms with Crippen molar-refractivity contribution < 1.29 is 21.6 Å². The Hall–Kier alpha value is -2.05. The summed E-state index contributed by atoms with van der Waals surface area (Å²) in [4.78, 5) is 5.62. The van der Waals surface area contributed by atoms with E-state index in [1.807, 2.05) is 0 Å². The molecule has 0 saturated carbocycles. The maximum Gasteiger partial charge on any atom is 0.417 e. The van der Waals surface area contributed by atoms with E-state index in [2.05, 4.69) is 23.7 Å². The molecule has 28 heavy (non-hydrogen) atoms. The Labute approximate surface area is 164 Å². The zero-order valence-electron chi connectivity index (χ0n) is 15.7. The second kappa shape index (κ2) is 9.94. The Morgan fingerprint density at radius 3 is 2.46 bits per heavy atom. The molecular formula is C19H24F3N3O2S. The number of anilines is 1. The van der Waals surface area contributed by atoms with Crippen LogP contribution in [0.25, 0.3) is 0 Å². The molecule has 0 spiro atoms. The average molecular weight is 415 g/mol. The normalized spacial score (nSPS) is 16.2. The van der Waals surface area contributed by atoms with Gasteiger partial charge in [0.25, 0.3) is 0 Å². The maximum atomic E-state index is 12.6. The lowest BCUT2D eigenvalue weighted by Gasteiger charge is -2.34. The highest BCUT2D eigenvalue weighted by atomic mass is 32.2. The molecule has 0 N–H and O–H groups in total. The van der Waals surface area contributed by atoms with Gasteiger partial charge in [-0.25, -0.2) is 13.4 Å². The summed E-state index contributed by atoms with van der Waals surface area (Å²) < 4.78 is 63.8. The first-order valence-corrected chi connectivity index (χ1v) is 10.7. The minimum atomic E-state index is -4.43. The molecule has 0 unspecified atom stereocenters. The Kier molecular flexibility index (Phi) is 7.89. The third-order valence-corrected chi connectivity index (χ3v) is 5.89. The van der Waals surface area contributed by atoms with Gasteiger partial charge in [0.1, 0.15) is 5.82 Å². The second-order valence-corrected chi connectivity index (χ2v) is 8.23. The van der Waals surface area contributed by atoms with Gasteiger partial charge in [0.15, 0.2) is 0 Å². The molecule has 1 aliphatic heterocycles. The van der Waals surface area contributed by atoms with Gasteiger partial charge in [-0.15, -0.1) is 0 Å². The maximum absolute atomic E-state index is 12.6. The van der Waals surface area contributed by atoms with Crippen LogP contribution in [0.1, 0.15) is 38.2 Å². The van der Waals surface area contributed by atoms with Crippen LogP contribution in [0.5, 0.6) is 0 Å². The average Bonchev–Trinajstić information content (AvgIpc) is 2.67. The van der Waals surface area contributed by atoms with Crippen molar-refractivity contribution in [1.82, 2.24) is 9.29 Å². The van der Waals surface area contributed by atoms with Crippen LogP contribution < -0.4 is 4.90 Å². The zero-order valence-corrected chi connectivity index (χ0v) is 16.6. The minimum absolute atomic E-state index is 0.235. The summed E-state index contributed by atoms with van der Waals surface area (Å²) in [5, 5.41) is 1.10. The number of hydrogen-bond acceptors (Lipinski definition) is 4. The number of pyridine rings is 1. The highest BCUT2D eigenvalue weighted by molar-refractivity contribution is 7.92. The van der Waals surface area contributed by atoms with E-state index in [0.717, 1.165) is 43.4 Å². The summed E-state index contributed by atoms with van der Waals surface area (Å²) in [5.74, 6) is 6.07. The van der Waals surface area contributed by atoms with Crippen molar-refractivity contribution >= 4 is 15.8 Å². The molecule has 0 aromatic carbocycles. The molecule has 0 radical (unpaired) electrons. The van der Waals surface area contributed by atoms with Crippen molar-refractivity contribution in [2.75, 3.05) is 31.1 Å². The summed E-state index contributed by atoms with van der Waals surface area (Å²) >= 11 is 0. The molecule has 0 bridgehead atoms. The smallest absolute Gasteiger partial charge is 0.354 e. The first-order chi connectivity index (χ1) is 13.2. The Balaban J connectivity index is 1.88. The number of unbranched alkanes of at least 4 members (excludes halogenated alkanes) is 3. The largest absolute Gasteiger partial charge is 0.417 e. The van der Waals surface area contributed by atoms with Crippen molar-refractivity contribution in [3.63, 3.8) is 0 Å². The molecule has 1 aromatic heterocycles. The monoisotopic (exact) mass is 415 g/mol. The van der Waals surface area contributed by atoms with E-state index in [4.69, 9.17) is 0 Å². The van der Waals surface area contributed by atoms with Gasteiger partial charge >= 0.3 is 6.18 Å². The number of hydrogen-bond donors (Lipinski definition) is 0. The van der Waals surface area contributed by atoms with Gasteiger partial charge in [0.2, 0.25) is 10.0 Å².